The summed E-state index contributed by atoms with van der Waals surface area (Å²) in [5, 5.41) is 2.62. The number of hydrogen-bond acceptors (Lipinski definition) is 3. The Labute approximate surface area is 77.2 Å². The zero-order chi connectivity index (χ0) is 9.42. The molecule has 1 heterocycles. The maximum atomic E-state index is 10.9. The maximum absolute atomic E-state index is 10.9. The van der Waals surface area contributed by atoms with Crippen molar-refractivity contribution in [2.24, 2.45) is 0 Å². The van der Waals surface area contributed by atoms with Gasteiger partial charge in [-0.05, 0) is 34.8 Å². The van der Waals surface area contributed by atoms with E-state index in [0.717, 1.165) is 5.56 Å². The lowest BCUT2D eigenvalue weighted by atomic mass is 10.2. The molecule has 4 nitrogen and oxygen atoms in total. The molecule has 1 N–H and O–H groups in total. The van der Waals surface area contributed by atoms with Crippen molar-refractivity contribution in [1.82, 2.24) is 0 Å². The fourth-order valence-corrected chi connectivity index (χ4v) is 1.73. The highest BCUT2D eigenvalue weighted by molar-refractivity contribution is 7.79. The van der Waals surface area contributed by atoms with Crippen LogP contribution in [0.2, 0.25) is 0 Å². The first kappa shape index (κ1) is 8.40. The molecule has 0 aliphatic carbocycles. The molecule has 0 saturated heterocycles. The quantitative estimate of drug-likeness (QED) is 0.662. The van der Waals surface area contributed by atoms with Crippen LogP contribution in [0.4, 0.5) is 5.69 Å². The van der Waals surface area contributed by atoms with Gasteiger partial charge >= 0.3 is 0 Å². The molecule has 0 aromatic heterocycles. The topological polar surface area (TPSA) is 69.2 Å². The third-order valence-corrected chi connectivity index (χ3v) is 2.53. The van der Waals surface area contributed by atoms with Crippen molar-refractivity contribution in [3.05, 3.63) is 23.8 Å². The molecule has 1 unspecified atom stereocenters. The van der Waals surface area contributed by atoms with Crippen molar-refractivity contribution in [3.63, 3.8) is 0 Å². The van der Waals surface area contributed by atoms with E-state index in [1.165, 1.54) is 12.1 Å². The number of benzene rings is 1. The van der Waals surface area contributed by atoms with E-state index >= 15 is 0 Å². The molecule has 0 fully saturated rings. The highest BCUT2D eigenvalue weighted by atomic mass is 32.2. The lowest BCUT2D eigenvalue weighted by molar-refractivity contribution is -0.115. The van der Waals surface area contributed by atoms with E-state index in [1.54, 1.807) is 6.07 Å². The van der Waals surface area contributed by atoms with Gasteiger partial charge in [0.25, 0.3) is 0 Å². The van der Waals surface area contributed by atoms with Crippen LogP contribution in [0.5, 0.6) is 0 Å². The molecule has 1 atom stereocenters. The molecule has 68 valence electrons. The van der Waals surface area contributed by atoms with Crippen LogP contribution in [0.15, 0.2) is 23.1 Å². The number of carbonyl (C=O) groups excluding carboxylic acids is 1. The van der Waals surface area contributed by atoms with Gasteiger partial charge in [-0.2, -0.15) is 0 Å². The Morgan fingerprint density at radius 3 is 2.92 bits per heavy atom. The van der Waals surface area contributed by atoms with E-state index in [9.17, 15) is 13.6 Å². The van der Waals surface area contributed by atoms with Crippen LogP contribution >= 0.6 is 0 Å². The third-order valence-electron chi connectivity index (χ3n) is 1.89. The summed E-state index contributed by atoms with van der Waals surface area (Å²) in [5.74, 6) is -0.0937. The van der Waals surface area contributed by atoms with Gasteiger partial charge in [0.2, 0.25) is 5.91 Å². The van der Waals surface area contributed by atoms with Gasteiger partial charge in [-0.25, -0.2) is 0 Å². The predicted molar refractivity (Wildman–Crippen MR) is 46.0 cm³/mol. The van der Waals surface area contributed by atoms with Crippen LogP contribution in [-0.2, 0) is 22.3 Å². The van der Waals surface area contributed by atoms with Gasteiger partial charge < -0.3 is 9.87 Å². The van der Waals surface area contributed by atoms with Crippen molar-refractivity contribution in [2.45, 2.75) is 11.3 Å². The fraction of sp³-hybridized carbons (Fsp3) is 0.125. The highest BCUT2D eigenvalue weighted by Gasteiger charge is 2.17. The van der Waals surface area contributed by atoms with Crippen molar-refractivity contribution >= 4 is 22.7 Å². The van der Waals surface area contributed by atoms with Crippen molar-refractivity contribution in [3.8, 4) is 0 Å². The number of carbonyl (C=O) groups is 1. The molecule has 0 radical (unpaired) electrons. The van der Waals surface area contributed by atoms with Gasteiger partial charge in [-0.3, -0.25) is 9.00 Å². The lowest BCUT2D eigenvalue weighted by Crippen LogP contribution is -2.03. The standard InChI is InChI=1S/C8H7NO3S/c10-8-4-5-3-6(13(11)12)1-2-7(5)9-8/h1-3H,4H2,(H,9,10)(H,11,12)/p-1. The predicted octanol–water partition coefficient (Wildman–Crippen LogP) is 0.419. The minimum absolute atomic E-state index is 0.0937. The summed E-state index contributed by atoms with van der Waals surface area (Å²) >= 11 is -2.22. The largest absolute Gasteiger partial charge is 0.768 e. The zero-order valence-electron chi connectivity index (χ0n) is 6.57. The summed E-state index contributed by atoms with van der Waals surface area (Å²) in [5.41, 5.74) is 1.45. The second-order valence-electron chi connectivity index (χ2n) is 2.78. The first-order valence-corrected chi connectivity index (χ1v) is 4.76. The van der Waals surface area contributed by atoms with Crippen LogP contribution in [-0.4, -0.2) is 14.7 Å². The normalized spacial score (nSPS) is 16.5. The molecular formula is C8H6NO3S-. The Hall–Kier alpha value is -1.20. The van der Waals surface area contributed by atoms with Crippen molar-refractivity contribution in [2.75, 3.05) is 5.32 Å². The molecule has 0 bridgehead atoms. The number of rotatable bonds is 1. The second kappa shape index (κ2) is 2.93. The van der Waals surface area contributed by atoms with Crippen molar-refractivity contribution in [1.29, 1.82) is 0 Å². The van der Waals surface area contributed by atoms with Gasteiger partial charge in [0.1, 0.15) is 0 Å². The van der Waals surface area contributed by atoms with Crippen molar-refractivity contribution < 1.29 is 13.6 Å². The van der Waals surface area contributed by atoms with E-state index in [2.05, 4.69) is 5.32 Å². The van der Waals surface area contributed by atoms with E-state index in [0.29, 0.717) is 5.69 Å². The molecule has 1 aromatic carbocycles. The lowest BCUT2D eigenvalue weighted by Gasteiger charge is -2.06. The monoisotopic (exact) mass is 196 g/mol. The average molecular weight is 196 g/mol. The molecule has 1 aliphatic rings. The Morgan fingerprint density at radius 1 is 1.46 bits per heavy atom. The smallest absolute Gasteiger partial charge is 0.228 e. The van der Waals surface area contributed by atoms with E-state index in [-0.39, 0.29) is 17.2 Å². The Bertz CT molecular complexity index is 402. The summed E-state index contributed by atoms with van der Waals surface area (Å²) in [6.07, 6.45) is 0.264. The summed E-state index contributed by atoms with van der Waals surface area (Å²) < 4.78 is 21.2. The summed E-state index contributed by atoms with van der Waals surface area (Å²) in [7, 11) is 0. The highest BCUT2D eigenvalue weighted by Crippen LogP contribution is 2.24. The van der Waals surface area contributed by atoms with E-state index in [1.807, 2.05) is 0 Å². The van der Waals surface area contributed by atoms with Gasteiger partial charge in [0, 0.05) is 10.6 Å². The fourth-order valence-electron chi connectivity index (χ4n) is 1.31. The van der Waals surface area contributed by atoms with Gasteiger partial charge in [-0.15, -0.1) is 0 Å². The minimum atomic E-state index is -2.22. The molecule has 1 aliphatic heterocycles. The average Bonchev–Trinajstić information content (AvgIpc) is 2.42. The van der Waals surface area contributed by atoms with Crippen LogP contribution in [0, 0.1) is 0 Å². The Morgan fingerprint density at radius 2 is 2.23 bits per heavy atom. The molecule has 1 aromatic rings. The molecule has 2 rings (SSSR count). The number of anilines is 1. The van der Waals surface area contributed by atoms with E-state index in [4.69, 9.17) is 0 Å². The Balaban J connectivity index is 2.45. The molecular weight excluding hydrogens is 190 g/mol. The summed E-state index contributed by atoms with van der Waals surface area (Å²) in [6, 6.07) is 4.58. The second-order valence-corrected chi connectivity index (χ2v) is 3.72. The number of amides is 1. The van der Waals surface area contributed by atoms with Crippen LogP contribution in [0.3, 0.4) is 0 Å². The third kappa shape index (κ3) is 1.48. The summed E-state index contributed by atoms with van der Waals surface area (Å²) in [4.78, 5) is 11.1. The molecule has 5 heteroatoms. The summed E-state index contributed by atoms with van der Waals surface area (Å²) in [6.45, 7) is 0. The SMILES string of the molecule is O=C1Cc2cc(S(=O)[O-])ccc2N1. The first-order chi connectivity index (χ1) is 6.16. The number of hydrogen-bond donors (Lipinski definition) is 1. The zero-order valence-corrected chi connectivity index (χ0v) is 7.39. The van der Waals surface area contributed by atoms with Crippen LogP contribution in [0.25, 0.3) is 0 Å². The molecule has 0 saturated carbocycles. The number of fused-ring (bicyclic) bond motifs is 1. The van der Waals surface area contributed by atoms with Gasteiger partial charge in [0.05, 0.1) is 6.42 Å². The van der Waals surface area contributed by atoms with Crippen LogP contribution < -0.4 is 5.32 Å². The minimum Gasteiger partial charge on any atom is -0.768 e. The van der Waals surface area contributed by atoms with Gasteiger partial charge in [-0.1, -0.05) is 0 Å². The molecule has 0 spiro atoms. The first-order valence-electron chi connectivity index (χ1n) is 3.69. The van der Waals surface area contributed by atoms with Gasteiger partial charge in [0.15, 0.2) is 0 Å². The molecule has 13 heavy (non-hydrogen) atoms. The maximum Gasteiger partial charge on any atom is 0.228 e. The molecule has 1 amide bonds. The number of nitrogens with one attached hydrogen (secondary N) is 1. The van der Waals surface area contributed by atoms with E-state index < -0.39 is 11.1 Å². The Kier molecular flexibility index (Phi) is 1.90. The van der Waals surface area contributed by atoms with Crippen LogP contribution in [0.1, 0.15) is 5.56 Å².